The molecule has 1 heterocycles. The smallest absolute Gasteiger partial charge is 0.326 e. The summed E-state index contributed by atoms with van der Waals surface area (Å²) >= 11 is 18.7. The number of halogens is 3. The lowest BCUT2D eigenvalue weighted by atomic mass is 10.0. The van der Waals surface area contributed by atoms with E-state index in [0.717, 1.165) is 5.56 Å². The van der Waals surface area contributed by atoms with Crippen LogP contribution in [0.15, 0.2) is 84.9 Å². The number of hydrogen-bond acceptors (Lipinski definition) is 8. The second-order valence-electron chi connectivity index (χ2n) is 9.92. The Labute approximate surface area is 276 Å². The maximum absolute atomic E-state index is 13.1. The second-order valence-corrected chi connectivity index (χ2v) is 11.1. The number of benzene rings is 4. The summed E-state index contributed by atoms with van der Waals surface area (Å²) in [7, 11) is 0. The third-order valence-corrected chi connectivity index (χ3v) is 7.66. The molecule has 12 nitrogen and oxygen atoms in total. The summed E-state index contributed by atoms with van der Waals surface area (Å²) in [5.74, 6) is -2.01. The summed E-state index contributed by atoms with van der Waals surface area (Å²) in [5, 5.41) is 39.9. The van der Waals surface area contributed by atoms with E-state index in [4.69, 9.17) is 34.8 Å². The Bertz CT molecular complexity index is 1900. The Morgan fingerprint density at radius 2 is 1.54 bits per heavy atom. The largest absolute Gasteiger partial charge is 0.508 e. The minimum Gasteiger partial charge on any atom is -0.508 e. The minimum absolute atomic E-state index is 0.0415. The van der Waals surface area contributed by atoms with Crippen LogP contribution < -0.4 is 16.0 Å². The SMILES string of the molecule is O=C(N[C@@H](Cc1ccc(NC(=O)c2c(Cl)cccc2Cl)cc1)C(=O)O)c1ccc(-n2nnnc2NCc2cccc(O)c2)cc1Cl. The number of phenolic OH excluding ortho intramolecular Hbond substituents is 1. The van der Waals surface area contributed by atoms with Crippen molar-refractivity contribution in [3.63, 3.8) is 0 Å². The van der Waals surface area contributed by atoms with Gasteiger partial charge in [0.1, 0.15) is 11.8 Å². The number of tetrazole rings is 1. The van der Waals surface area contributed by atoms with Crippen LogP contribution in [0.2, 0.25) is 15.1 Å². The Hall–Kier alpha value is -5.17. The van der Waals surface area contributed by atoms with Crippen molar-refractivity contribution in [2.24, 2.45) is 0 Å². The number of rotatable bonds is 11. The first-order valence-electron chi connectivity index (χ1n) is 13.6. The van der Waals surface area contributed by atoms with Crippen molar-refractivity contribution in [2.75, 3.05) is 10.6 Å². The minimum atomic E-state index is -1.28. The Morgan fingerprint density at radius 3 is 2.22 bits per heavy atom. The highest BCUT2D eigenvalue weighted by Crippen LogP contribution is 2.26. The van der Waals surface area contributed by atoms with Gasteiger partial charge in [-0.25, -0.2) is 4.79 Å². The first-order chi connectivity index (χ1) is 22.1. The number of carboxylic acids is 1. The third kappa shape index (κ3) is 7.72. The first kappa shape index (κ1) is 32.2. The molecule has 2 amide bonds. The second kappa shape index (κ2) is 14.3. The van der Waals surface area contributed by atoms with E-state index < -0.39 is 23.8 Å². The van der Waals surface area contributed by atoms with Gasteiger partial charge >= 0.3 is 5.97 Å². The Balaban J connectivity index is 1.22. The fourth-order valence-electron chi connectivity index (χ4n) is 4.44. The van der Waals surface area contributed by atoms with E-state index in [1.165, 1.54) is 16.8 Å². The normalized spacial score (nSPS) is 11.5. The summed E-state index contributed by atoms with van der Waals surface area (Å²) in [6.07, 6.45) is -0.0415. The predicted molar refractivity (Wildman–Crippen MR) is 173 cm³/mol. The van der Waals surface area contributed by atoms with E-state index in [0.29, 0.717) is 29.4 Å². The molecule has 0 saturated carbocycles. The maximum atomic E-state index is 13.1. The number of carboxylic acid groups (broad SMARTS) is 1. The molecule has 0 aliphatic heterocycles. The number of nitrogens with one attached hydrogen (secondary N) is 3. The van der Waals surface area contributed by atoms with Gasteiger partial charge in [-0.3, -0.25) is 9.59 Å². The Kier molecular flexibility index (Phi) is 10.0. The average molecular weight is 681 g/mol. The molecule has 0 saturated heterocycles. The van der Waals surface area contributed by atoms with Crippen LogP contribution in [0, 0.1) is 0 Å². The van der Waals surface area contributed by atoms with Crippen LogP contribution in [0.1, 0.15) is 31.8 Å². The number of aliphatic carboxylic acids is 1. The number of carbonyl (C=O) groups is 3. The van der Waals surface area contributed by atoms with Crippen LogP contribution in [0.5, 0.6) is 5.75 Å². The first-order valence-corrected chi connectivity index (χ1v) is 14.7. The molecule has 15 heteroatoms. The summed E-state index contributed by atoms with van der Waals surface area (Å²) < 4.78 is 1.38. The van der Waals surface area contributed by atoms with Gasteiger partial charge in [-0.05, 0) is 76.2 Å². The van der Waals surface area contributed by atoms with E-state index in [9.17, 15) is 24.6 Å². The topological polar surface area (TPSA) is 171 Å². The van der Waals surface area contributed by atoms with Crippen molar-refractivity contribution in [3.8, 4) is 11.4 Å². The molecule has 234 valence electrons. The zero-order chi connectivity index (χ0) is 32.8. The summed E-state index contributed by atoms with van der Waals surface area (Å²) in [5.41, 5.74) is 2.46. The molecule has 1 aromatic heterocycles. The molecule has 4 aromatic carbocycles. The van der Waals surface area contributed by atoms with Crippen LogP contribution in [-0.4, -0.2) is 54.2 Å². The van der Waals surface area contributed by atoms with Crippen molar-refractivity contribution in [1.29, 1.82) is 0 Å². The van der Waals surface area contributed by atoms with Crippen molar-refractivity contribution in [1.82, 2.24) is 25.5 Å². The summed E-state index contributed by atoms with van der Waals surface area (Å²) in [6.45, 7) is 0.328. The van der Waals surface area contributed by atoms with Gasteiger partial charge in [0.05, 0.1) is 31.9 Å². The number of carbonyl (C=O) groups excluding carboxylic acids is 2. The van der Waals surface area contributed by atoms with Gasteiger partial charge < -0.3 is 26.2 Å². The van der Waals surface area contributed by atoms with Crippen molar-refractivity contribution in [2.45, 2.75) is 19.0 Å². The predicted octanol–water partition coefficient (Wildman–Crippen LogP) is 5.62. The molecule has 0 aliphatic carbocycles. The van der Waals surface area contributed by atoms with Crippen LogP contribution in [0.4, 0.5) is 11.6 Å². The Morgan fingerprint density at radius 1 is 0.826 bits per heavy atom. The van der Waals surface area contributed by atoms with Gasteiger partial charge in [-0.1, -0.05) is 70.2 Å². The fourth-order valence-corrected chi connectivity index (χ4v) is 5.27. The molecule has 5 rings (SSSR count). The summed E-state index contributed by atoms with van der Waals surface area (Å²) in [4.78, 5) is 37.8. The van der Waals surface area contributed by atoms with Crippen molar-refractivity contribution in [3.05, 3.63) is 122 Å². The maximum Gasteiger partial charge on any atom is 0.326 e. The molecule has 0 spiro atoms. The van der Waals surface area contributed by atoms with Crippen LogP contribution in [-0.2, 0) is 17.8 Å². The van der Waals surface area contributed by atoms with E-state index >= 15 is 0 Å². The monoisotopic (exact) mass is 679 g/mol. The highest BCUT2D eigenvalue weighted by atomic mass is 35.5. The van der Waals surface area contributed by atoms with E-state index in [1.54, 1.807) is 66.7 Å². The van der Waals surface area contributed by atoms with Gasteiger partial charge in [0.15, 0.2) is 0 Å². The van der Waals surface area contributed by atoms with Crippen LogP contribution >= 0.6 is 34.8 Å². The van der Waals surface area contributed by atoms with E-state index in [-0.39, 0.29) is 38.4 Å². The molecule has 0 unspecified atom stereocenters. The lowest BCUT2D eigenvalue weighted by molar-refractivity contribution is -0.139. The van der Waals surface area contributed by atoms with Gasteiger partial charge in [0.25, 0.3) is 11.8 Å². The highest BCUT2D eigenvalue weighted by Gasteiger charge is 2.23. The number of nitrogens with zero attached hydrogens (tertiary/aromatic N) is 4. The number of hydrogen-bond donors (Lipinski definition) is 5. The third-order valence-electron chi connectivity index (χ3n) is 6.72. The molecule has 1 atom stereocenters. The van der Waals surface area contributed by atoms with Crippen LogP contribution in [0.25, 0.3) is 5.69 Å². The van der Waals surface area contributed by atoms with Crippen molar-refractivity contribution >= 4 is 64.2 Å². The number of amides is 2. The van der Waals surface area contributed by atoms with Gasteiger partial charge in [-0.2, -0.15) is 4.68 Å². The fraction of sp³-hybridized carbons (Fsp3) is 0.0968. The van der Waals surface area contributed by atoms with Crippen LogP contribution in [0.3, 0.4) is 0 Å². The molecule has 0 bridgehead atoms. The molecule has 46 heavy (non-hydrogen) atoms. The van der Waals surface area contributed by atoms with E-state index in [2.05, 4.69) is 31.5 Å². The lowest BCUT2D eigenvalue weighted by Crippen LogP contribution is -2.42. The number of anilines is 2. The van der Waals surface area contributed by atoms with Crippen molar-refractivity contribution < 1.29 is 24.6 Å². The molecule has 0 aliphatic rings. The van der Waals surface area contributed by atoms with Gasteiger partial charge in [0, 0.05) is 18.7 Å². The lowest BCUT2D eigenvalue weighted by Gasteiger charge is -2.16. The zero-order valence-electron chi connectivity index (χ0n) is 23.6. The van der Waals surface area contributed by atoms with Gasteiger partial charge in [0.2, 0.25) is 5.95 Å². The molecule has 0 fully saturated rings. The number of aromatic nitrogens is 4. The number of aromatic hydroxyl groups is 1. The quantitative estimate of drug-likeness (QED) is 0.119. The number of phenols is 1. The van der Waals surface area contributed by atoms with E-state index in [1.807, 2.05) is 6.07 Å². The molecule has 0 radical (unpaired) electrons. The molecular formula is C31H24Cl3N7O5. The summed E-state index contributed by atoms with van der Waals surface area (Å²) in [6, 6.07) is 21.1. The molecular weight excluding hydrogens is 657 g/mol. The molecule has 5 aromatic rings. The zero-order valence-corrected chi connectivity index (χ0v) is 25.9. The van der Waals surface area contributed by atoms with Gasteiger partial charge in [-0.15, -0.1) is 0 Å². The average Bonchev–Trinajstić information content (AvgIpc) is 3.49. The highest BCUT2D eigenvalue weighted by molar-refractivity contribution is 6.40. The molecule has 5 N–H and O–H groups in total. The standard InChI is InChI=1S/C31H24Cl3N7O5/c32-23-5-2-6-24(33)27(23)29(44)36-19-9-7-17(8-10-19)14-26(30(45)46)37-28(43)22-12-11-20(15-25(22)34)41-31(38-39-40-41)35-16-18-3-1-4-21(42)13-18/h1-13,15,26,42H,14,16H2,(H,36,44)(H,37,43)(H,45,46)(H,35,38,40)/t26-/m0/s1.